The lowest BCUT2D eigenvalue weighted by molar-refractivity contribution is -0.00519. The summed E-state index contributed by atoms with van der Waals surface area (Å²) < 4.78 is 1.05. The summed E-state index contributed by atoms with van der Waals surface area (Å²) in [6.45, 7) is 0. The molecule has 4 saturated carbocycles. The average molecular weight is 421 g/mol. The predicted octanol–water partition coefficient (Wildman–Crippen LogP) is 6.81. The van der Waals surface area contributed by atoms with Gasteiger partial charge in [0.15, 0.2) is 5.78 Å². The minimum atomic E-state index is 0.0787. The van der Waals surface area contributed by atoms with E-state index < -0.39 is 0 Å². The Hall–Kier alpha value is -1.67. The number of hydrogen-bond acceptors (Lipinski definition) is 1. The van der Waals surface area contributed by atoms with Gasteiger partial charge in [-0.15, -0.1) is 0 Å². The number of rotatable bonds is 4. The van der Waals surface area contributed by atoms with Gasteiger partial charge < -0.3 is 0 Å². The molecular formula is C25H25BrO. The Morgan fingerprint density at radius 2 is 1.41 bits per heavy atom. The molecular weight excluding hydrogens is 396 g/mol. The van der Waals surface area contributed by atoms with Crippen LogP contribution in [0.25, 0.3) is 6.08 Å². The van der Waals surface area contributed by atoms with Gasteiger partial charge in [-0.2, -0.15) is 0 Å². The molecule has 0 N–H and O–H groups in total. The molecule has 0 heterocycles. The van der Waals surface area contributed by atoms with Crippen LogP contribution in [0, 0.1) is 17.8 Å². The van der Waals surface area contributed by atoms with E-state index in [9.17, 15) is 4.79 Å². The van der Waals surface area contributed by atoms with E-state index in [0.29, 0.717) is 5.41 Å². The first-order valence-electron chi connectivity index (χ1n) is 10.2. The zero-order valence-corrected chi connectivity index (χ0v) is 17.1. The summed E-state index contributed by atoms with van der Waals surface area (Å²) in [7, 11) is 0. The van der Waals surface area contributed by atoms with Gasteiger partial charge in [-0.25, -0.2) is 0 Å². The smallest absolute Gasteiger partial charge is 0.185 e. The molecule has 0 aliphatic heterocycles. The van der Waals surface area contributed by atoms with E-state index in [2.05, 4.69) is 28.1 Å². The third-order valence-electron chi connectivity index (χ3n) is 7.12. The second-order valence-electron chi connectivity index (χ2n) is 9.02. The Bertz CT molecular complexity index is 840. The Labute approximate surface area is 170 Å². The van der Waals surface area contributed by atoms with Gasteiger partial charge in [-0.05, 0) is 91.0 Å². The molecule has 4 aliphatic carbocycles. The van der Waals surface area contributed by atoms with Crippen LogP contribution in [-0.2, 0) is 5.41 Å². The molecule has 4 bridgehead atoms. The van der Waals surface area contributed by atoms with Gasteiger partial charge in [-0.3, -0.25) is 4.79 Å². The molecule has 0 atom stereocenters. The van der Waals surface area contributed by atoms with Gasteiger partial charge >= 0.3 is 0 Å². The monoisotopic (exact) mass is 420 g/mol. The quantitative estimate of drug-likeness (QED) is 0.391. The number of carbonyl (C=O) groups is 1. The highest BCUT2D eigenvalue weighted by molar-refractivity contribution is 9.10. The Balaban J connectivity index is 1.33. The molecule has 4 fully saturated rings. The molecule has 2 heteroatoms. The fourth-order valence-electron chi connectivity index (χ4n) is 6.29. The Morgan fingerprint density at radius 3 is 1.96 bits per heavy atom. The van der Waals surface area contributed by atoms with Crippen LogP contribution in [0.1, 0.15) is 60.0 Å². The van der Waals surface area contributed by atoms with Gasteiger partial charge in [0.05, 0.1) is 0 Å². The fourth-order valence-corrected chi connectivity index (χ4v) is 6.56. The minimum absolute atomic E-state index is 0.0787. The zero-order chi connectivity index (χ0) is 18.4. The van der Waals surface area contributed by atoms with Crippen molar-refractivity contribution in [1.82, 2.24) is 0 Å². The summed E-state index contributed by atoms with van der Waals surface area (Å²) in [5.41, 5.74) is 3.72. The van der Waals surface area contributed by atoms with E-state index in [1.165, 1.54) is 44.1 Å². The topological polar surface area (TPSA) is 17.1 Å². The van der Waals surface area contributed by atoms with Crippen molar-refractivity contribution < 1.29 is 4.79 Å². The summed E-state index contributed by atoms with van der Waals surface area (Å²) in [6.07, 6.45) is 12.1. The molecule has 0 spiro atoms. The van der Waals surface area contributed by atoms with Crippen LogP contribution in [0.15, 0.2) is 59.1 Å². The molecule has 1 nitrogen and oxygen atoms in total. The summed E-state index contributed by atoms with van der Waals surface area (Å²) in [5, 5.41) is 0. The SMILES string of the molecule is O=C(/C=C/c1ccc(Br)cc1)c1ccc(C23CC4CC(CC(C4)C2)C3)cc1. The number of ketones is 1. The van der Waals surface area contributed by atoms with Crippen LogP contribution in [0.3, 0.4) is 0 Å². The highest BCUT2D eigenvalue weighted by Gasteiger charge is 2.51. The lowest BCUT2D eigenvalue weighted by Crippen LogP contribution is -2.48. The highest BCUT2D eigenvalue weighted by Crippen LogP contribution is 2.60. The molecule has 0 unspecified atom stereocenters. The number of hydrogen-bond donors (Lipinski definition) is 0. The van der Waals surface area contributed by atoms with Crippen LogP contribution in [-0.4, -0.2) is 5.78 Å². The van der Waals surface area contributed by atoms with Crippen molar-refractivity contribution in [2.24, 2.45) is 17.8 Å². The first kappa shape index (κ1) is 17.4. The van der Waals surface area contributed by atoms with Gasteiger partial charge in [0.25, 0.3) is 0 Å². The fraction of sp³-hybridized carbons (Fsp3) is 0.400. The Morgan fingerprint density at radius 1 is 0.852 bits per heavy atom. The van der Waals surface area contributed by atoms with Crippen molar-refractivity contribution in [1.29, 1.82) is 0 Å². The third kappa shape index (κ3) is 3.33. The van der Waals surface area contributed by atoms with E-state index in [4.69, 9.17) is 0 Å². The summed E-state index contributed by atoms with van der Waals surface area (Å²) in [4.78, 5) is 12.5. The van der Waals surface area contributed by atoms with Gasteiger partial charge in [-0.1, -0.05) is 58.4 Å². The highest BCUT2D eigenvalue weighted by atomic mass is 79.9. The molecule has 138 valence electrons. The van der Waals surface area contributed by atoms with Crippen molar-refractivity contribution in [3.05, 3.63) is 75.8 Å². The van der Waals surface area contributed by atoms with Gasteiger partial charge in [0.1, 0.15) is 0 Å². The van der Waals surface area contributed by atoms with Crippen LogP contribution in [0.2, 0.25) is 0 Å². The molecule has 2 aromatic carbocycles. The van der Waals surface area contributed by atoms with Crippen molar-refractivity contribution in [3.8, 4) is 0 Å². The zero-order valence-electron chi connectivity index (χ0n) is 15.5. The second kappa shape index (κ2) is 6.74. The molecule has 6 rings (SSSR count). The van der Waals surface area contributed by atoms with Crippen LogP contribution >= 0.6 is 15.9 Å². The van der Waals surface area contributed by atoms with E-state index in [1.807, 2.05) is 42.5 Å². The summed E-state index contributed by atoms with van der Waals surface area (Å²) in [5.74, 6) is 2.93. The average Bonchev–Trinajstić information content (AvgIpc) is 2.66. The van der Waals surface area contributed by atoms with Crippen LogP contribution in [0.5, 0.6) is 0 Å². The number of benzene rings is 2. The van der Waals surface area contributed by atoms with Crippen LogP contribution < -0.4 is 0 Å². The van der Waals surface area contributed by atoms with E-state index in [0.717, 1.165) is 33.4 Å². The van der Waals surface area contributed by atoms with Crippen molar-refractivity contribution in [2.45, 2.75) is 43.9 Å². The normalized spacial score (nSPS) is 31.5. The lowest BCUT2D eigenvalue weighted by Gasteiger charge is -2.57. The second-order valence-corrected chi connectivity index (χ2v) is 9.94. The maximum absolute atomic E-state index is 12.5. The molecule has 0 amide bonds. The number of carbonyl (C=O) groups excluding carboxylic acids is 1. The van der Waals surface area contributed by atoms with Crippen molar-refractivity contribution in [3.63, 3.8) is 0 Å². The summed E-state index contributed by atoms with van der Waals surface area (Å²) in [6, 6.07) is 16.6. The van der Waals surface area contributed by atoms with Gasteiger partial charge in [0.2, 0.25) is 0 Å². The molecule has 0 radical (unpaired) electrons. The van der Waals surface area contributed by atoms with Crippen molar-refractivity contribution in [2.75, 3.05) is 0 Å². The molecule has 2 aromatic rings. The standard InChI is InChI=1S/C25H25BrO/c26-23-8-1-17(2-9-23)3-10-24(27)21-4-6-22(7-5-21)25-14-18-11-19(15-25)13-20(12-18)16-25/h1-10,18-20H,11-16H2/b10-3+. The largest absolute Gasteiger partial charge is 0.289 e. The minimum Gasteiger partial charge on any atom is -0.289 e. The van der Waals surface area contributed by atoms with E-state index in [1.54, 1.807) is 6.08 Å². The number of allylic oxidation sites excluding steroid dienone is 1. The van der Waals surface area contributed by atoms with E-state index in [-0.39, 0.29) is 5.78 Å². The van der Waals surface area contributed by atoms with Gasteiger partial charge in [0, 0.05) is 10.0 Å². The lowest BCUT2D eigenvalue weighted by atomic mass is 9.48. The van der Waals surface area contributed by atoms with Crippen LogP contribution in [0.4, 0.5) is 0 Å². The van der Waals surface area contributed by atoms with Crippen molar-refractivity contribution >= 4 is 27.8 Å². The number of halogens is 1. The Kier molecular flexibility index (Phi) is 4.35. The maximum atomic E-state index is 12.5. The molecule has 0 saturated heterocycles. The maximum Gasteiger partial charge on any atom is 0.185 e. The first-order valence-corrected chi connectivity index (χ1v) is 11.0. The molecule has 0 aromatic heterocycles. The third-order valence-corrected chi connectivity index (χ3v) is 7.65. The first-order chi connectivity index (χ1) is 13.1. The van der Waals surface area contributed by atoms with E-state index >= 15 is 0 Å². The molecule has 27 heavy (non-hydrogen) atoms. The predicted molar refractivity (Wildman–Crippen MR) is 114 cm³/mol. The molecule has 4 aliphatic rings. The summed E-state index contributed by atoms with van der Waals surface area (Å²) >= 11 is 3.44.